The maximum atomic E-state index is 13.3. The van der Waals surface area contributed by atoms with Gasteiger partial charge in [0.1, 0.15) is 0 Å². The third-order valence-electron chi connectivity index (χ3n) is 5.65. The van der Waals surface area contributed by atoms with Gasteiger partial charge in [0.2, 0.25) is 5.91 Å². The summed E-state index contributed by atoms with van der Waals surface area (Å²) in [7, 11) is 1.89. The molecular weight excluding hydrogens is 436 g/mol. The summed E-state index contributed by atoms with van der Waals surface area (Å²) in [6.45, 7) is 0. The van der Waals surface area contributed by atoms with E-state index in [1.54, 1.807) is 11.3 Å². The van der Waals surface area contributed by atoms with Crippen molar-refractivity contribution in [3.63, 3.8) is 0 Å². The molecule has 1 saturated carbocycles. The number of benzene rings is 2. The van der Waals surface area contributed by atoms with Gasteiger partial charge in [-0.05, 0) is 35.4 Å². The molecule has 32 heavy (non-hydrogen) atoms. The summed E-state index contributed by atoms with van der Waals surface area (Å²) in [6.07, 6.45) is 2.28. The Morgan fingerprint density at radius 3 is 2.25 bits per heavy atom. The van der Waals surface area contributed by atoms with Crippen LogP contribution in [0.4, 0.5) is 0 Å². The molecule has 2 heterocycles. The first-order valence-corrected chi connectivity index (χ1v) is 12.6. The van der Waals surface area contributed by atoms with Crippen LogP contribution in [0, 0.1) is 0 Å². The van der Waals surface area contributed by atoms with Gasteiger partial charge in [-0.25, -0.2) is 0 Å². The van der Waals surface area contributed by atoms with Crippen LogP contribution in [0.25, 0.3) is 10.7 Å². The molecule has 0 unspecified atom stereocenters. The van der Waals surface area contributed by atoms with Crippen molar-refractivity contribution in [1.29, 1.82) is 0 Å². The highest BCUT2D eigenvalue weighted by molar-refractivity contribution is 7.99. The van der Waals surface area contributed by atoms with Crippen LogP contribution in [0.5, 0.6) is 0 Å². The molecule has 0 saturated heterocycles. The average Bonchev–Trinajstić information content (AvgIpc) is 3.35. The first kappa shape index (κ1) is 21.0. The zero-order valence-electron chi connectivity index (χ0n) is 17.8. The zero-order chi connectivity index (χ0) is 21.9. The molecule has 7 heteroatoms. The first-order chi connectivity index (χ1) is 15.7. The predicted molar refractivity (Wildman–Crippen MR) is 130 cm³/mol. The van der Waals surface area contributed by atoms with Gasteiger partial charge in [-0.15, -0.1) is 21.5 Å². The number of nitrogens with zero attached hydrogens (tertiary/aromatic N) is 4. The second-order valence-electron chi connectivity index (χ2n) is 7.90. The summed E-state index contributed by atoms with van der Waals surface area (Å²) in [5.74, 6) is 1.30. The third-order valence-corrected chi connectivity index (χ3v) is 7.45. The van der Waals surface area contributed by atoms with E-state index in [4.69, 9.17) is 0 Å². The van der Waals surface area contributed by atoms with Crippen molar-refractivity contribution in [2.75, 3.05) is 12.8 Å². The third kappa shape index (κ3) is 4.36. The van der Waals surface area contributed by atoms with Crippen LogP contribution >= 0.6 is 23.1 Å². The molecule has 1 amide bonds. The fourth-order valence-corrected chi connectivity index (χ4v) is 5.53. The Balaban J connectivity index is 1.36. The van der Waals surface area contributed by atoms with E-state index < -0.39 is 0 Å². The lowest BCUT2D eigenvalue weighted by Gasteiger charge is -2.29. The molecule has 5 nitrogen and oxygen atoms in total. The topological polar surface area (TPSA) is 51.0 Å². The molecule has 0 radical (unpaired) electrons. The van der Waals surface area contributed by atoms with Crippen LogP contribution in [-0.2, 0) is 4.79 Å². The largest absolute Gasteiger partial charge is 0.334 e. The summed E-state index contributed by atoms with van der Waals surface area (Å²) in [4.78, 5) is 16.2. The van der Waals surface area contributed by atoms with Crippen molar-refractivity contribution in [3.8, 4) is 10.7 Å². The van der Waals surface area contributed by atoms with Crippen molar-refractivity contribution in [3.05, 3.63) is 89.3 Å². The van der Waals surface area contributed by atoms with Crippen LogP contribution < -0.4 is 0 Å². The first-order valence-electron chi connectivity index (χ1n) is 10.7. The van der Waals surface area contributed by atoms with E-state index in [1.165, 1.54) is 11.8 Å². The number of carbonyl (C=O) groups is 1. The average molecular weight is 461 g/mol. The summed E-state index contributed by atoms with van der Waals surface area (Å²) < 4.78 is 2.22. The Kier molecular flexibility index (Phi) is 6.10. The van der Waals surface area contributed by atoms with E-state index in [0.29, 0.717) is 11.8 Å². The Morgan fingerprint density at radius 1 is 1.03 bits per heavy atom. The number of carbonyl (C=O) groups excluding carboxylic acids is 1. The lowest BCUT2D eigenvalue weighted by Crippen LogP contribution is -2.33. The molecule has 1 fully saturated rings. The normalized spacial score (nSPS) is 13.4. The lowest BCUT2D eigenvalue weighted by atomic mass is 9.97. The van der Waals surface area contributed by atoms with E-state index in [9.17, 15) is 4.79 Å². The predicted octanol–water partition coefficient (Wildman–Crippen LogP) is 5.68. The number of amides is 1. The van der Waals surface area contributed by atoms with Crippen molar-refractivity contribution >= 4 is 29.0 Å². The van der Waals surface area contributed by atoms with Crippen LogP contribution in [0.3, 0.4) is 0 Å². The van der Waals surface area contributed by atoms with E-state index in [2.05, 4.69) is 50.5 Å². The molecular formula is C25H24N4OS2. The maximum Gasteiger partial charge on any atom is 0.233 e. The summed E-state index contributed by atoms with van der Waals surface area (Å²) in [6, 6.07) is 24.8. The fraction of sp³-hybridized carbons (Fsp3) is 0.240. The highest BCUT2D eigenvalue weighted by atomic mass is 32.2. The smallest absolute Gasteiger partial charge is 0.233 e. The van der Waals surface area contributed by atoms with E-state index in [1.807, 2.05) is 54.4 Å². The minimum Gasteiger partial charge on any atom is -0.334 e. The molecule has 0 spiro atoms. The Bertz CT molecular complexity index is 1130. The molecule has 1 aliphatic rings. The monoisotopic (exact) mass is 460 g/mol. The van der Waals surface area contributed by atoms with Crippen LogP contribution in [0.2, 0.25) is 0 Å². The van der Waals surface area contributed by atoms with Gasteiger partial charge in [-0.2, -0.15) is 0 Å². The Morgan fingerprint density at radius 2 is 1.69 bits per heavy atom. The summed E-state index contributed by atoms with van der Waals surface area (Å²) >= 11 is 3.15. The molecule has 4 aromatic rings. The van der Waals surface area contributed by atoms with Gasteiger partial charge in [0.25, 0.3) is 0 Å². The lowest BCUT2D eigenvalue weighted by molar-refractivity contribution is -0.128. The molecule has 2 aromatic heterocycles. The fourth-order valence-electron chi connectivity index (χ4n) is 3.89. The second-order valence-corrected chi connectivity index (χ2v) is 9.79. The number of rotatable bonds is 8. The highest BCUT2D eigenvalue weighted by Gasteiger charge is 2.31. The zero-order valence-corrected chi connectivity index (χ0v) is 19.4. The summed E-state index contributed by atoms with van der Waals surface area (Å²) in [5, 5.41) is 11.8. The standard InChI is InChI=1S/C25H24N4OS2/c1-28(23(18-9-4-2-5-10-18)19-11-6-3-7-12-19)22(30)17-32-25-27-26-24(21-13-8-16-31-21)29(25)20-14-15-20/h2-13,16,20,23H,14-15,17H2,1H3. The van der Waals surface area contributed by atoms with Gasteiger partial charge in [0.05, 0.1) is 16.7 Å². The molecule has 0 bridgehead atoms. The van der Waals surface area contributed by atoms with Crippen molar-refractivity contribution < 1.29 is 4.79 Å². The molecule has 162 valence electrons. The highest BCUT2D eigenvalue weighted by Crippen LogP contribution is 2.42. The van der Waals surface area contributed by atoms with Crippen molar-refractivity contribution in [2.45, 2.75) is 30.1 Å². The van der Waals surface area contributed by atoms with Crippen LogP contribution in [0.15, 0.2) is 83.3 Å². The van der Waals surface area contributed by atoms with Gasteiger partial charge in [-0.3, -0.25) is 9.36 Å². The molecule has 0 atom stereocenters. The SMILES string of the molecule is CN(C(=O)CSc1nnc(-c2cccs2)n1C1CC1)C(c1ccccc1)c1ccccc1. The van der Waals surface area contributed by atoms with Gasteiger partial charge < -0.3 is 4.90 Å². The van der Waals surface area contributed by atoms with E-state index >= 15 is 0 Å². The summed E-state index contributed by atoms with van der Waals surface area (Å²) in [5.41, 5.74) is 2.20. The van der Waals surface area contributed by atoms with Crippen LogP contribution in [0.1, 0.15) is 36.1 Å². The Labute approximate surface area is 196 Å². The van der Waals surface area contributed by atoms with E-state index in [0.717, 1.165) is 39.8 Å². The minimum absolute atomic E-state index is 0.0655. The number of hydrogen-bond acceptors (Lipinski definition) is 5. The molecule has 2 aromatic carbocycles. The Hall–Kier alpha value is -2.90. The molecule has 5 rings (SSSR count). The number of thiophene rings is 1. The maximum absolute atomic E-state index is 13.3. The van der Waals surface area contributed by atoms with Crippen molar-refractivity contribution in [2.24, 2.45) is 0 Å². The number of aromatic nitrogens is 3. The van der Waals surface area contributed by atoms with Gasteiger partial charge >= 0.3 is 0 Å². The van der Waals surface area contributed by atoms with Gasteiger partial charge in [0.15, 0.2) is 11.0 Å². The van der Waals surface area contributed by atoms with Crippen molar-refractivity contribution in [1.82, 2.24) is 19.7 Å². The van der Waals surface area contributed by atoms with E-state index in [-0.39, 0.29) is 11.9 Å². The molecule has 0 N–H and O–H groups in total. The second kappa shape index (κ2) is 9.30. The number of thioether (sulfide) groups is 1. The molecule has 0 aliphatic heterocycles. The molecule has 1 aliphatic carbocycles. The minimum atomic E-state index is -0.131. The van der Waals surface area contributed by atoms with Gasteiger partial charge in [0, 0.05) is 13.1 Å². The van der Waals surface area contributed by atoms with Gasteiger partial charge in [-0.1, -0.05) is 78.5 Å². The van der Waals surface area contributed by atoms with Crippen LogP contribution in [-0.4, -0.2) is 38.4 Å². The number of hydrogen-bond donors (Lipinski definition) is 0. The quantitative estimate of drug-likeness (QED) is 0.317.